The number of nitro groups is 1. The molecule has 1 aliphatic carbocycles. The minimum atomic E-state index is -0.502. The van der Waals surface area contributed by atoms with Gasteiger partial charge in [0.1, 0.15) is 0 Å². The van der Waals surface area contributed by atoms with E-state index in [1.54, 1.807) is 11.3 Å². The first kappa shape index (κ1) is 22.4. The third-order valence-electron chi connectivity index (χ3n) is 5.20. The summed E-state index contributed by atoms with van der Waals surface area (Å²) < 4.78 is 0.566. The lowest BCUT2D eigenvalue weighted by atomic mass is 9.83. The van der Waals surface area contributed by atoms with E-state index in [1.807, 2.05) is 17.5 Å². The van der Waals surface area contributed by atoms with Crippen molar-refractivity contribution in [2.45, 2.75) is 35.4 Å². The van der Waals surface area contributed by atoms with Crippen LogP contribution in [0.5, 0.6) is 0 Å². The Kier molecular flexibility index (Phi) is 6.82. The molecule has 3 aromatic rings. The zero-order valence-corrected chi connectivity index (χ0v) is 19.2. The van der Waals surface area contributed by atoms with Crippen molar-refractivity contribution in [1.29, 1.82) is 0 Å². The van der Waals surface area contributed by atoms with Crippen molar-refractivity contribution in [2.24, 2.45) is 0 Å². The second-order valence-electron chi connectivity index (χ2n) is 7.23. The highest BCUT2D eigenvalue weighted by Crippen LogP contribution is 2.44. The molecule has 0 spiro atoms. The molecule has 0 saturated heterocycles. The Bertz CT molecular complexity index is 1110. The van der Waals surface area contributed by atoms with Gasteiger partial charge in [0, 0.05) is 22.7 Å². The van der Waals surface area contributed by atoms with Crippen LogP contribution in [0.25, 0.3) is 0 Å². The van der Waals surface area contributed by atoms with E-state index >= 15 is 0 Å². The number of carbonyl (C=O) groups is 2. The minimum absolute atomic E-state index is 0.0423. The molecule has 2 aromatic heterocycles. The summed E-state index contributed by atoms with van der Waals surface area (Å²) >= 11 is 4.04. The number of nitro benzene ring substituents is 1. The lowest BCUT2D eigenvalue weighted by Crippen LogP contribution is -2.37. The maximum atomic E-state index is 13.1. The Morgan fingerprint density at radius 1 is 1.12 bits per heavy atom. The van der Waals surface area contributed by atoms with E-state index in [4.69, 9.17) is 0 Å². The summed E-state index contributed by atoms with van der Waals surface area (Å²) in [5.74, 6) is -0.230. The van der Waals surface area contributed by atoms with Crippen LogP contribution in [0.1, 0.15) is 30.6 Å². The fraction of sp³-hybridized carbons (Fsp3) is 0.300. The average Bonchev–Trinajstić information content (AvgIpc) is 3.54. The van der Waals surface area contributed by atoms with Gasteiger partial charge in [-0.15, -0.1) is 21.5 Å². The van der Waals surface area contributed by atoms with Crippen LogP contribution in [-0.2, 0) is 15.0 Å². The van der Waals surface area contributed by atoms with E-state index in [0.717, 1.165) is 30.6 Å². The van der Waals surface area contributed by atoms with Gasteiger partial charge in [0.05, 0.1) is 16.1 Å². The molecule has 1 saturated carbocycles. The summed E-state index contributed by atoms with van der Waals surface area (Å²) in [4.78, 5) is 36.5. The molecule has 32 heavy (non-hydrogen) atoms. The van der Waals surface area contributed by atoms with Crippen LogP contribution in [0.3, 0.4) is 0 Å². The van der Waals surface area contributed by atoms with Gasteiger partial charge in [0.15, 0.2) is 4.34 Å². The number of nitrogens with one attached hydrogen (secondary N) is 2. The number of nitrogens with zero attached hydrogens (tertiary/aromatic N) is 3. The summed E-state index contributed by atoms with van der Waals surface area (Å²) in [6.07, 6.45) is 3.68. The zero-order valence-electron chi connectivity index (χ0n) is 16.8. The van der Waals surface area contributed by atoms with Crippen LogP contribution in [0, 0.1) is 10.1 Å². The Labute approximate surface area is 195 Å². The van der Waals surface area contributed by atoms with Crippen molar-refractivity contribution in [3.63, 3.8) is 0 Å². The number of amides is 2. The summed E-state index contributed by atoms with van der Waals surface area (Å²) in [6.45, 7) is 0. The molecule has 0 aliphatic heterocycles. The van der Waals surface area contributed by atoms with Crippen molar-refractivity contribution in [2.75, 3.05) is 16.4 Å². The van der Waals surface area contributed by atoms with Crippen LogP contribution in [0.15, 0.2) is 46.1 Å². The number of anilines is 2. The molecule has 0 atom stereocenters. The maximum absolute atomic E-state index is 13.1. The molecule has 0 radical (unpaired) electrons. The molecule has 12 heteroatoms. The monoisotopic (exact) mass is 489 g/mol. The number of non-ortho nitro benzene ring substituents is 1. The molecule has 0 unspecified atom stereocenters. The highest BCUT2D eigenvalue weighted by molar-refractivity contribution is 8.01. The van der Waals surface area contributed by atoms with Crippen molar-refractivity contribution in [3.8, 4) is 0 Å². The van der Waals surface area contributed by atoms with Crippen LogP contribution < -0.4 is 10.6 Å². The van der Waals surface area contributed by atoms with Crippen molar-refractivity contribution in [3.05, 3.63) is 56.8 Å². The highest BCUT2D eigenvalue weighted by Gasteiger charge is 2.43. The molecule has 1 aliphatic rings. The van der Waals surface area contributed by atoms with E-state index in [9.17, 15) is 19.7 Å². The molecule has 2 heterocycles. The molecule has 1 aromatic carbocycles. The van der Waals surface area contributed by atoms with E-state index in [1.165, 1.54) is 47.4 Å². The molecular weight excluding hydrogens is 470 g/mol. The third-order valence-corrected chi connectivity index (χ3v) is 8.25. The topological polar surface area (TPSA) is 127 Å². The molecule has 1 fully saturated rings. The molecule has 2 amide bonds. The molecule has 9 nitrogen and oxygen atoms in total. The number of aromatic nitrogens is 2. The maximum Gasteiger partial charge on any atom is 0.269 e. The first-order valence-electron chi connectivity index (χ1n) is 9.82. The second-order valence-corrected chi connectivity index (χ2v) is 10.4. The van der Waals surface area contributed by atoms with Gasteiger partial charge in [0.2, 0.25) is 16.9 Å². The molecule has 2 N–H and O–H groups in total. The van der Waals surface area contributed by atoms with Gasteiger partial charge in [-0.25, -0.2) is 0 Å². The number of thiophene rings is 1. The zero-order chi connectivity index (χ0) is 22.6. The molecule has 4 rings (SSSR count). The summed E-state index contributed by atoms with van der Waals surface area (Å²) in [7, 11) is 0. The van der Waals surface area contributed by atoms with Gasteiger partial charge < -0.3 is 5.32 Å². The Hall–Kier alpha value is -2.83. The predicted molar refractivity (Wildman–Crippen MR) is 125 cm³/mol. The normalized spacial score (nSPS) is 14.8. The molecule has 0 bridgehead atoms. The summed E-state index contributed by atoms with van der Waals surface area (Å²) in [5.41, 5.74) is -0.0706. The van der Waals surface area contributed by atoms with E-state index < -0.39 is 10.3 Å². The van der Waals surface area contributed by atoms with Crippen LogP contribution in [0.2, 0.25) is 0 Å². The lowest BCUT2D eigenvalue weighted by Gasteiger charge is -2.25. The largest absolute Gasteiger partial charge is 0.325 e. The molecule has 166 valence electrons. The summed E-state index contributed by atoms with van der Waals surface area (Å²) in [6, 6.07) is 9.60. The second kappa shape index (κ2) is 9.76. The lowest BCUT2D eigenvalue weighted by molar-refractivity contribution is -0.384. The molecular formula is C20H19N5O4S3. The van der Waals surface area contributed by atoms with Gasteiger partial charge in [-0.2, -0.15) is 0 Å². The van der Waals surface area contributed by atoms with Crippen LogP contribution in [0.4, 0.5) is 16.5 Å². The third kappa shape index (κ3) is 4.97. The van der Waals surface area contributed by atoms with Gasteiger partial charge in [-0.1, -0.05) is 42.0 Å². The first-order valence-corrected chi connectivity index (χ1v) is 12.5. The quantitative estimate of drug-likeness (QED) is 0.203. The van der Waals surface area contributed by atoms with Gasteiger partial charge >= 0.3 is 0 Å². The van der Waals surface area contributed by atoms with Crippen molar-refractivity contribution < 1.29 is 14.5 Å². The fourth-order valence-electron chi connectivity index (χ4n) is 3.64. The number of rotatable bonds is 8. The van der Waals surface area contributed by atoms with E-state index in [0.29, 0.717) is 15.2 Å². The van der Waals surface area contributed by atoms with Crippen LogP contribution >= 0.6 is 34.4 Å². The number of hydrogen-bond acceptors (Lipinski definition) is 9. The van der Waals surface area contributed by atoms with Crippen LogP contribution in [-0.4, -0.2) is 32.7 Å². The minimum Gasteiger partial charge on any atom is -0.325 e. The number of carbonyl (C=O) groups excluding carboxylic acids is 2. The van der Waals surface area contributed by atoms with E-state index in [-0.39, 0.29) is 23.3 Å². The number of benzene rings is 1. The standard InChI is InChI=1S/C20H19N5O4S3/c26-16(21-13-5-7-14(8-6-13)25(28)29)12-31-19-24-23-18(32-19)22-17(27)20(9-1-2-10-20)15-4-3-11-30-15/h3-8,11H,1-2,9-10,12H2,(H,21,26)(H,22,23,27). The Balaban J connectivity index is 1.31. The smallest absolute Gasteiger partial charge is 0.269 e. The first-order chi connectivity index (χ1) is 15.5. The fourth-order valence-corrected chi connectivity index (χ4v) is 6.17. The van der Waals surface area contributed by atoms with Gasteiger partial charge in [-0.05, 0) is 36.4 Å². The van der Waals surface area contributed by atoms with Crippen molar-refractivity contribution in [1.82, 2.24) is 10.2 Å². The summed E-state index contributed by atoms with van der Waals surface area (Å²) in [5, 5.41) is 26.8. The number of thioether (sulfide) groups is 1. The van der Waals surface area contributed by atoms with Gasteiger partial charge in [0.25, 0.3) is 5.69 Å². The predicted octanol–water partition coefficient (Wildman–Crippen LogP) is 4.69. The number of hydrogen-bond donors (Lipinski definition) is 2. The Morgan fingerprint density at radius 3 is 2.53 bits per heavy atom. The highest BCUT2D eigenvalue weighted by atomic mass is 32.2. The average molecular weight is 490 g/mol. The Morgan fingerprint density at radius 2 is 1.88 bits per heavy atom. The van der Waals surface area contributed by atoms with Crippen molar-refractivity contribution >= 4 is 62.8 Å². The SMILES string of the molecule is O=C(CSc1nnc(NC(=O)C2(c3cccs3)CCCC2)s1)Nc1ccc([N+](=O)[O-])cc1. The van der Waals surface area contributed by atoms with E-state index in [2.05, 4.69) is 20.8 Å². The van der Waals surface area contributed by atoms with Gasteiger partial charge in [-0.3, -0.25) is 25.0 Å².